The second kappa shape index (κ2) is 7.55. The fourth-order valence-corrected chi connectivity index (χ4v) is 2.92. The third-order valence-electron chi connectivity index (χ3n) is 4.58. The van der Waals surface area contributed by atoms with Crippen LogP contribution in [0.1, 0.15) is 24.2 Å². The van der Waals surface area contributed by atoms with Crippen molar-refractivity contribution in [2.24, 2.45) is 4.99 Å². The second-order valence-electron chi connectivity index (χ2n) is 6.95. The SMILES string of the molecule is COc1cccc(COc2nc(=NC3CC3)n3nc/c(=C\c4[nH]c(=O)[nH]c4O)c3n2)n1. The van der Waals surface area contributed by atoms with Gasteiger partial charge in [-0.05, 0) is 25.0 Å². The minimum atomic E-state index is -0.519. The van der Waals surface area contributed by atoms with Gasteiger partial charge >= 0.3 is 11.7 Å². The zero-order chi connectivity index (χ0) is 21.4. The molecule has 0 unspecified atom stereocenters. The van der Waals surface area contributed by atoms with Crippen LogP contribution in [0.15, 0.2) is 34.2 Å². The lowest BCUT2D eigenvalue weighted by atomic mass is 10.3. The Morgan fingerprint density at radius 2 is 2.16 bits per heavy atom. The van der Waals surface area contributed by atoms with Gasteiger partial charge in [0.05, 0.1) is 25.0 Å². The number of nitrogens with zero attached hydrogens (tertiary/aromatic N) is 6. The number of methoxy groups -OCH3 is 1. The molecule has 0 aliphatic heterocycles. The van der Waals surface area contributed by atoms with Crippen molar-refractivity contribution in [3.8, 4) is 17.8 Å². The number of nitrogens with one attached hydrogen (secondary N) is 2. The number of imidazole rings is 1. The summed E-state index contributed by atoms with van der Waals surface area (Å²) in [5, 5.41) is 14.7. The Bertz CT molecular complexity index is 1430. The summed E-state index contributed by atoms with van der Waals surface area (Å²) >= 11 is 0. The lowest BCUT2D eigenvalue weighted by molar-refractivity contribution is 0.272. The molecule has 0 aromatic carbocycles. The number of aromatic amines is 2. The number of hydrogen-bond acceptors (Lipinski definition) is 9. The topological polar surface area (TPSA) is 156 Å². The average Bonchev–Trinajstić information content (AvgIpc) is 3.41. The third kappa shape index (κ3) is 3.95. The Hall–Kier alpha value is -4.22. The van der Waals surface area contributed by atoms with Crippen LogP contribution in [0.4, 0.5) is 0 Å². The van der Waals surface area contributed by atoms with Crippen LogP contribution in [-0.2, 0) is 6.61 Å². The Kier molecular flexibility index (Phi) is 4.58. The van der Waals surface area contributed by atoms with E-state index < -0.39 is 5.69 Å². The number of hydrogen-bond donors (Lipinski definition) is 3. The molecule has 1 aliphatic carbocycles. The number of aromatic nitrogens is 7. The van der Waals surface area contributed by atoms with Gasteiger partial charge in [0.1, 0.15) is 12.3 Å². The maximum absolute atomic E-state index is 11.4. The minimum Gasteiger partial charge on any atom is -0.493 e. The zero-order valence-corrected chi connectivity index (χ0v) is 16.4. The summed E-state index contributed by atoms with van der Waals surface area (Å²) in [7, 11) is 1.54. The molecular formula is C19H18N8O4. The summed E-state index contributed by atoms with van der Waals surface area (Å²) in [5.41, 5.74) is 1.13. The van der Waals surface area contributed by atoms with E-state index in [1.807, 2.05) is 6.07 Å². The minimum absolute atomic E-state index is 0.110. The van der Waals surface area contributed by atoms with Crippen LogP contribution < -0.4 is 26.0 Å². The molecule has 0 radical (unpaired) electrons. The smallest absolute Gasteiger partial charge is 0.326 e. The number of rotatable bonds is 6. The molecule has 1 saturated carbocycles. The molecule has 0 saturated heterocycles. The van der Waals surface area contributed by atoms with Crippen molar-refractivity contribution in [3.05, 3.63) is 57.1 Å². The van der Waals surface area contributed by atoms with Crippen molar-refractivity contribution in [2.45, 2.75) is 25.5 Å². The Morgan fingerprint density at radius 3 is 2.90 bits per heavy atom. The maximum atomic E-state index is 11.4. The van der Waals surface area contributed by atoms with Gasteiger partial charge in [0.25, 0.3) is 5.62 Å². The summed E-state index contributed by atoms with van der Waals surface area (Å²) < 4.78 is 12.4. The third-order valence-corrected chi connectivity index (χ3v) is 4.58. The molecule has 0 spiro atoms. The molecule has 158 valence electrons. The van der Waals surface area contributed by atoms with Crippen LogP contribution >= 0.6 is 0 Å². The van der Waals surface area contributed by atoms with E-state index in [-0.39, 0.29) is 30.2 Å². The van der Waals surface area contributed by atoms with E-state index in [1.54, 1.807) is 31.5 Å². The highest BCUT2D eigenvalue weighted by atomic mass is 16.5. The van der Waals surface area contributed by atoms with Crippen molar-refractivity contribution in [1.82, 2.24) is 34.5 Å². The maximum Gasteiger partial charge on any atom is 0.326 e. The van der Waals surface area contributed by atoms with Gasteiger partial charge in [-0.1, -0.05) is 6.07 Å². The van der Waals surface area contributed by atoms with E-state index in [0.29, 0.717) is 28.1 Å². The fraction of sp³-hybridized carbons (Fsp3) is 0.263. The molecule has 0 bridgehead atoms. The van der Waals surface area contributed by atoms with Crippen molar-refractivity contribution in [1.29, 1.82) is 0 Å². The molecular weight excluding hydrogens is 404 g/mol. The normalized spacial score (nSPS) is 15.0. The number of ether oxygens (including phenoxy) is 2. The number of pyridine rings is 1. The number of H-pyrrole nitrogens is 2. The molecule has 3 N–H and O–H groups in total. The lowest BCUT2D eigenvalue weighted by Crippen LogP contribution is -2.24. The van der Waals surface area contributed by atoms with Gasteiger partial charge in [-0.15, -0.1) is 0 Å². The first kappa shape index (κ1) is 18.8. The van der Waals surface area contributed by atoms with Crippen LogP contribution in [0, 0.1) is 0 Å². The summed E-state index contributed by atoms with van der Waals surface area (Å²) in [6, 6.07) is 5.68. The summed E-state index contributed by atoms with van der Waals surface area (Å²) in [4.78, 5) is 33.9. The molecule has 4 aromatic rings. The van der Waals surface area contributed by atoms with Crippen LogP contribution in [-0.4, -0.2) is 52.8 Å². The quantitative estimate of drug-likeness (QED) is 0.373. The molecule has 1 fully saturated rings. The Labute approximate surface area is 174 Å². The van der Waals surface area contributed by atoms with Crippen LogP contribution in [0.3, 0.4) is 0 Å². The van der Waals surface area contributed by atoms with Crippen LogP contribution in [0.5, 0.6) is 17.8 Å². The molecule has 1 aliphatic rings. The first-order valence-corrected chi connectivity index (χ1v) is 9.54. The molecule has 4 heterocycles. The van der Waals surface area contributed by atoms with Crippen molar-refractivity contribution >= 4 is 11.7 Å². The van der Waals surface area contributed by atoms with E-state index in [4.69, 9.17) is 9.47 Å². The average molecular weight is 422 g/mol. The second-order valence-corrected chi connectivity index (χ2v) is 6.95. The molecule has 31 heavy (non-hydrogen) atoms. The highest BCUT2D eigenvalue weighted by Gasteiger charge is 2.21. The van der Waals surface area contributed by atoms with Crippen molar-refractivity contribution in [3.63, 3.8) is 0 Å². The molecule has 4 aromatic heterocycles. The van der Waals surface area contributed by atoms with E-state index in [0.717, 1.165) is 12.8 Å². The van der Waals surface area contributed by atoms with Gasteiger partial charge in [-0.2, -0.15) is 19.6 Å². The summed E-state index contributed by atoms with van der Waals surface area (Å²) in [6.45, 7) is 0.134. The van der Waals surface area contributed by atoms with Gasteiger partial charge in [0.2, 0.25) is 11.8 Å². The molecule has 5 rings (SSSR count). The Balaban J connectivity index is 1.57. The van der Waals surface area contributed by atoms with Gasteiger partial charge in [0.15, 0.2) is 5.65 Å². The number of fused-ring (bicyclic) bond motifs is 1. The molecule has 0 amide bonds. The molecule has 12 heteroatoms. The predicted molar refractivity (Wildman–Crippen MR) is 106 cm³/mol. The highest BCUT2D eigenvalue weighted by Crippen LogP contribution is 2.22. The zero-order valence-electron chi connectivity index (χ0n) is 16.4. The summed E-state index contributed by atoms with van der Waals surface area (Å²) in [5.74, 6) is 0.205. The van der Waals surface area contributed by atoms with Gasteiger partial charge in [-0.25, -0.2) is 14.8 Å². The summed E-state index contributed by atoms with van der Waals surface area (Å²) in [6.07, 6.45) is 5.09. The highest BCUT2D eigenvalue weighted by molar-refractivity contribution is 5.56. The number of aromatic hydroxyl groups is 1. The Morgan fingerprint density at radius 1 is 1.29 bits per heavy atom. The van der Waals surface area contributed by atoms with Gasteiger partial charge < -0.3 is 19.6 Å². The molecule has 12 nitrogen and oxygen atoms in total. The first-order valence-electron chi connectivity index (χ1n) is 9.54. The fourth-order valence-electron chi connectivity index (χ4n) is 2.92. The van der Waals surface area contributed by atoms with Crippen LogP contribution in [0.25, 0.3) is 11.7 Å². The standard InChI is InChI=1S/C19H18N8O4/c1-30-14-4-2-3-12(21-14)9-31-19-24-15-10(7-13-16(28)25-18(29)23-13)8-20-27(15)17(26-19)22-11-5-6-11/h2-4,7-8,11,28H,5-6,9H2,1H3,(H2,23,25,29)/b10-7+,22-17?. The van der Waals surface area contributed by atoms with E-state index in [2.05, 4.69) is 35.0 Å². The van der Waals surface area contributed by atoms with Crippen molar-refractivity contribution < 1.29 is 14.6 Å². The van der Waals surface area contributed by atoms with Gasteiger partial charge in [0, 0.05) is 11.3 Å². The molecule has 0 atom stereocenters. The van der Waals surface area contributed by atoms with E-state index in [1.165, 1.54) is 4.52 Å². The van der Waals surface area contributed by atoms with E-state index in [9.17, 15) is 9.90 Å². The van der Waals surface area contributed by atoms with E-state index >= 15 is 0 Å². The van der Waals surface area contributed by atoms with Crippen molar-refractivity contribution in [2.75, 3.05) is 7.11 Å². The van der Waals surface area contributed by atoms with Gasteiger partial charge in [-0.3, -0.25) is 4.98 Å². The monoisotopic (exact) mass is 422 g/mol. The largest absolute Gasteiger partial charge is 0.493 e. The van der Waals surface area contributed by atoms with Crippen LogP contribution in [0.2, 0.25) is 0 Å². The lowest BCUT2D eigenvalue weighted by Gasteiger charge is -2.06. The predicted octanol–water partition coefficient (Wildman–Crippen LogP) is -0.560. The first-order chi connectivity index (χ1) is 15.1.